The van der Waals surface area contributed by atoms with Crippen LogP contribution in [0.4, 0.5) is 22.9 Å². The van der Waals surface area contributed by atoms with Crippen molar-refractivity contribution < 1.29 is 14.3 Å². The number of benzene rings is 2. The Bertz CT molecular complexity index is 2010. The van der Waals surface area contributed by atoms with Gasteiger partial charge in [-0.15, -0.1) is 0 Å². The number of halogens is 2. The molecule has 0 spiro atoms. The maximum Gasteiger partial charge on any atom is 0.247 e. The zero-order chi connectivity index (χ0) is 33.1. The van der Waals surface area contributed by atoms with Crippen LogP contribution < -0.4 is 25.0 Å². The Morgan fingerprint density at radius 1 is 1.04 bits per heavy atom. The van der Waals surface area contributed by atoms with Gasteiger partial charge in [0, 0.05) is 79.7 Å². The highest BCUT2D eigenvalue weighted by Gasteiger charge is 2.23. The molecule has 1 saturated heterocycles. The van der Waals surface area contributed by atoms with Crippen LogP contribution in [0.3, 0.4) is 0 Å². The van der Waals surface area contributed by atoms with Gasteiger partial charge in [0.25, 0.3) is 0 Å². The number of rotatable bonds is 10. The first-order chi connectivity index (χ1) is 22.8. The predicted octanol–water partition coefficient (Wildman–Crippen LogP) is 6.17. The second-order valence-electron chi connectivity index (χ2n) is 10.8. The second-order valence-corrected chi connectivity index (χ2v) is 11.5. The maximum absolute atomic E-state index is 12.4. The number of piperazine rings is 1. The lowest BCUT2D eigenvalue weighted by Crippen LogP contribution is -2.46. The molecule has 14 heteroatoms. The van der Waals surface area contributed by atoms with E-state index in [4.69, 9.17) is 37.9 Å². The summed E-state index contributed by atoms with van der Waals surface area (Å²) in [7, 11) is 3.04. The van der Waals surface area contributed by atoms with Crippen LogP contribution in [0.1, 0.15) is 6.42 Å². The summed E-state index contributed by atoms with van der Waals surface area (Å²) in [6.45, 7) is 7.72. The topological polar surface area (TPSA) is 133 Å². The maximum atomic E-state index is 12.4. The quantitative estimate of drug-likeness (QED) is 0.166. The summed E-state index contributed by atoms with van der Waals surface area (Å²) in [6, 6.07) is 13.5. The zero-order valence-corrected chi connectivity index (χ0v) is 27.3. The fraction of sp³-hybridized carbons (Fsp3) is 0.242. The number of carbonyl (C=O) groups excluding carboxylic acids is 1. The third-order valence-electron chi connectivity index (χ3n) is 8.06. The van der Waals surface area contributed by atoms with Crippen LogP contribution in [0.25, 0.3) is 27.7 Å². The van der Waals surface area contributed by atoms with E-state index in [1.807, 2.05) is 30.3 Å². The predicted molar refractivity (Wildman–Crippen MR) is 184 cm³/mol. The van der Waals surface area contributed by atoms with E-state index < -0.39 is 0 Å². The van der Waals surface area contributed by atoms with E-state index >= 15 is 0 Å². The minimum Gasteiger partial charge on any atom is -0.495 e. The van der Waals surface area contributed by atoms with Crippen molar-refractivity contribution in [3.05, 3.63) is 71.6 Å². The van der Waals surface area contributed by atoms with Crippen LogP contribution >= 0.6 is 23.2 Å². The Labute approximate surface area is 281 Å². The normalized spacial score (nSPS) is 13.4. The summed E-state index contributed by atoms with van der Waals surface area (Å²) in [5.41, 5.74) is 4.58. The molecule has 3 aromatic heterocycles. The smallest absolute Gasteiger partial charge is 0.247 e. The van der Waals surface area contributed by atoms with Gasteiger partial charge in [-0.2, -0.15) is 10.4 Å². The highest BCUT2D eigenvalue weighted by molar-refractivity contribution is 6.41. The third-order valence-corrected chi connectivity index (χ3v) is 8.81. The van der Waals surface area contributed by atoms with Crippen LogP contribution in [0, 0.1) is 11.3 Å². The zero-order valence-electron chi connectivity index (χ0n) is 25.8. The van der Waals surface area contributed by atoms with E-state index in [0.717, 1.165) is 49.3 Å². The number of hydrogen-bond donors (Lipinski definition) is 2. The first kappa shape index (κ1) is 31.9. The summed E-state index contributed by atoms with van der Waals surface area (Å²) in [6.07, 6.45) is 4.92. The Morgan fingerprint density at radius 3 is 2.47 bits per heavy atom. The number of nitriles is 1. The van der Waals surface area contributed by atoms with Crippen molar-refractivity contribution in [2.45, 2.75) is 6.42 Å². The first-order valence-electron chi connectivity index (χ1n) is 14.8. The highest BCUT2D eigenvalue weighted by atomic mass is 35.5. The molecule has 1 fully saturated rings. The fourth-order valence-electron chi connectivity index (χ4n) is 5.65. The van der Waals surface area contributed by atoms with Crippen molar-refractivity contribution >= 4 is 68.5 Å². The standard InChI is InChI=1S/C33H31Cl2N9O3/c1-4-29(45)41-24-15-21(43-12-10-42(11-13-43)9-5-8-36)6-7-23(24)40-28-16-25-20(18-37-28)14-22(33-38-19-39-44(25)33)30-31(34)26(46-2)17-27(47-3)32(30)35/h4,6-7,14-19H,1,5,9-13H2,2-3H3,(H,37,40)(H,41,45). The van der Waals surface area contributed by atoms with Crippen molar-refractivity contribution in [1.82, 2.24) is 24.5 Å². The molecule has 47 heavy (non-hydrogen) atoms. The van der Waals surface area contributed by atoms with Gasteiger partial charge in [-0.25, -0.2) is 14.5 Å². The van der Waals surface area contributed by atoms with Gasteiger partial charge in [-0.3, -0.25) is 9.69 Å². The Balaban J connectivity index is 1.35. The lowest BCUT2D eigenvalue weighted by Gasteiger charge is -2.36. The number of fused-ring (bicyclic) bond motifs is 3. The van der Waals surface area contributed by atoms with Gasteiger partial charge in [0.05, 0.1) is 47.2 Å². The average molecular weight is 673 g/mol. The summed E-state index contributed by atoms with van der Waals surface area (Å²) in [5.74, 6) is 0.999. The van der Waals surface area contributed by atoms with Gasteiger partial charge in [0.2, 0.25) is 5.91 Å². The van der Waals surface area contributed by atoms with Crippen LogP contribution in [0.2, 0.25) is 10.0 Å². The van der Waals surface area contributed by atoms with Gasteiger partial charge in [-0.1, -0.05) is 29.8 Å². The fourth-order valence-corrected chi connectivity index (χ4v) is 6.35. The monoisotopic (exact) mass is 671 g/mol. The number of aromatic nitrogens is 4. The van der Waals surface area contributed by atoms with Crippen molar-refractivity contribution in [2.75, 3.05) is 62.5 Å². The molecule has 5 aromatic rings. The third kappa shape index (κ3) is 6.33. The van der Waals surface area contributed by atoms with E-state index in [0.29, 0.717) is 61.9 Å². The van der Waals surface area contributed by atoms with E-state index in [1.165, 1.54) is 26.6 Å². The van der Waals surface area contributed by atoms with Gasteiger partial charge in [0.15, 0.2) is 5.65 Å². The van der Waals surface area contributed by atoms with Crippen LogP contribution in [-0.4, -0.2) is 77.3 Å². The SMILES string of the molecule is C=CC(=O)Nc1cc(N2CCN(CCC#N)CC2)ccc1Nc1cc2c(cn1)cc(-c1c(Cl)c(OC)cc(OC)c1Cl)c1ncnn12. The van der Waals surface area contributed by atoms with Crippen molar-refractivity contribution in [3.63, 3.8) is 0 Å². The van der Waals surface area contributed by atoms with Gasteiger partial charge in [-0.05, 0) is 30.3 Å². The van der Waals surface area contributed by atoms with Crippen molar-refractivity contribution in [3.8, 4) is 28.7 Å². The number of amides is 1. The largest absolute Gasteiger partial charge is 0.495 e. The van der Waals surface area contributed by atoms with Crippen LogP contribution in [0.15, 0.2) is 61.6 Å². The molecule has 6 rings (SSSR count). The molecule has 4 heterocycles. The van der Waals surface area contributed by atoms with E-state index in [-0.39, 0.29) is 5.91 Å². The number of nitrogens with zero attached hydrogens (tertiary/aromatic N) is 7. The molecular weight excluding hydrogens is 641 g/mol. The number of hydrogen-bond acceptors (Lipinski definition) is 10. The van der Waals surface area contributed by atoms with Crippen molar-refractivity contribution in [2.24, 2.45) is 0 Å². The number of methoxy groups -OCH3 is 2. The number of carbonyl (C=O) groups is 1. The molecule has 0 atom stereocenters. The Morgan fingerprint density at radius 2 is 1.79 bits per heavy atom. The number of nitrogens with one attached hydrogen (secondary N) is 2. The minimum atomic E-state index is -0.332. The van der Waals surface area contributed by atoms with Gasteiger partial charge >= 0.3 is 0 Å². The van der Waals surface area contributed by atoms with Crippen LogP contribution in [-0.2, 0) is 4.79 Å². The molecule has 0 bridgehead atoms. The Hall–Kier alpha value is -5.09. The lowest BCUT2D eigenvalue weighted by atomic mass is 10.0. The number of pyridine rings is 2. The summed E-state index contributed by atoms with van der Waals surface area (Å²) in [5, 5.41) is 21.0. The molecule has 0 saturated carbocycles. The van der Waals surface area contributed by atoms with E-state index in [1.54, 1.807) is 16.8 Å². The molecule has 1 aliphatic rings. The van der Waals surface area contributed by atoms with Crippen molar-refractivity contribution in [1.29, 1.82) is 5.26 Å². The second kappa shape index (κ2) is 13.7. The summed E-state index contributed by atoms with van der Waals surface area (Å²) < 4.78 is 12.6. The van der Waals surface area contributed by atoms with E-state index in [2.05, 4.69) is 48.1 Å². The molecule has 2 aromatic carbocycles. The number of ether oxygens (including phenoxy) is 2. The van der Waals surface area contributed by atoms with E-state index in [9.17, 15) is 4.79 Å². The minimum absolute atomic E-state index is 0.312. The average Bonchev–Trinajstić information content (AvgIpc) is 3.59. The first-order valence-corrected chi connectivity index (χ1v) is 15.5. The van der Waals surface area contributed by atoms with Gasteiger partial charge in [0.1, 0.15) is 23.6 Å². The molecule has 0 aliphatic carbocycles. The lowest BCUT2D eigenvalue weighted by molar-refractivity contribution is -0.111. The summed E-state index contributed by atoms with van der Waals surface area (Å²) in [4.78, 5) is 26.1. The molecule has 1 amide bonds. The molecule has 0 radical (unpaired) electrons. The molecule has 240 valence electrons. The Kier molecular flexibility index (Phi) is 9.31. The van der Waals surface area contributed by atoms with Crippen LogP contribution in [0.5, 0.6) is 11.5 Å². The highest BCUT2D eigenvalue weighted by Crippen LogP contribution is 2.47. The van der Waals surface area contributed by atoms with Gasteiger partial charge < -0.3 is 25.0 Å². The molecule has 12 nitrogen and oxygen atoms in total. The number of anilines is 4. The summed E-state index contributed by atoms with van der Waals surface area (Å²) >= 11 is 13.5. The molecule has 1 aliphatic heterocycles. The molecular formula is C33H31Cl2N9O3. The molecule has 2 N–H and O–H groups in total. The molecule has 0 unspecified atom stereocenters.